The molecular weight excluding hydrogens is 383 g/mol. The van der Waals surface area contributed by atoms with E-state index < -0.39 is 52.1 Å². The molecule has 0 aliphatic carbocycles. The zero-order chi connectivity index (χ0) is 20.1. The van der Waals surface area contributed by atoms with Crippen LogP contribution in [0.25, 0.3) is 21.8 Å². The Morgan fingerprint density at radius 1 is 1.00 bits per heavy atom. The highest BCUT2D eigenvalue weighted by molar-refractivity contribution is 6.14. The van der Waals surface area contributed by atoms with Crippen LogP contribution in [0.4, 0.5) is 30.7 Å². The Balaban J connectivity index is 2.63. The Morgan fingerprint density at radius 2 is 1.63 bits per heavy atom. The number of carbonyl (C=O) groups is 1. The quantitative estimate of drug-likeness (QED) is 0.492. The minimum Gasteiger partial charge on any atom is -0.478 e. The van der Waals surface area contributed by atoms with Crippen molar-refractivity contribution in [3.05, 3.63) is 53.3 Å². The summed E-state index contributed by atoms with van der Waals surface area (Å²) in [5, 5.41) is 8.05. The maximum Gasteiger partial charge on any atom is 0.432 e. The molecule has 10 heteroatoms. The summed E-state index contributed by atoms with van der Waals surface area (Å²) in [6.45, 7) is 0. The lowest BCUT2D eigenvalue weighted by molar-refractivity contribution is -0.274. The SMILES string of the molecule is O=C(O)c1c2ccccc2nc2ccc(F)c(C(F)(C(F)F)C(F)(F)F)c12. The van der Waals surface area contributed by atoms with Gasteiger partial charge in [-0.2, -0.15) is 13.2 Å². The summed E-state index contributed by atoms with van der Waals surface area (Å²) in [7, 11) is 0. The predicted molar refractivity (Wildman–Crippen MR) is 81.0 cm³/mol. The van der Waals surface area contributed by atoms with Crippen molar-refractivity contribution in [1.29, 1.82) is 0 Å². The van der Waals surface area contributed by atoms with Crippen LogP contribution in [0.2, 0.25) is 0 Å². The van der Waals surface area contributed by atoms with Crippen LogP contribution >= 0.6 is 0 Å². The van der Waals surface area contributed by atoms with Crippen molar-refractivity contribution < 1.29 is 40.6 Å². The normalized spacial score (nSPS) is 14.7. The fraction of sp³-hybridized carbons (Fsp3) is 0.176. The third kappa shape index (κ3) is 2.66. The lowest BCUT2D eigenvalue weighted by atomic mass is 9.88. The van der Waals surface area contributed by atoms with Crippen LogP contribution in [-0.4, -0.2) is 28.7 Å². The van der Waals surface area contributed by atoms with Gasteiger partial charge in [0.15, 0.2) is 0 Å². The number of para-hydroxylation sites is 1. The van der Waals surface area contributed by atoms with Gasteiger partial charge in [-0.25, -0.2) is 27.3 Å². The molecule has 0 spiro atoms. The molecule has 1 N–H and O–H groups in total. The fourth-order valence-corrected chi connectivity index (χ4v) is 2.91. The first kappa shape index (κ1) is 18.9. The number of benzene rings is 2. The highest BCUT2D eigenvalue weighted by Gasteiger charge is 2.66. The van der Waals surface area contributed by atoms with E-state index in [-0.39, 0.29) is 10.9 Å². The molecule has 1 unspecified atom stereocenters. The zero-order valence-electron chi connectivity index (χ0n) is 13.0. The van der Waals surface area contributed by atoms with Gasteiger partial charge < -0.3 is 5.11 Å². The molecule has 1 aromatic heterocycles. The van der Waals surface area contributed by atoms with E-state index >= 15 is 0 Å². The molecule has 27 heavy (non-hydrogen) atoms. The van der Waals surface area contributed by atoms with Crippen molar-refractivity contribution >= 4 is 27.8 Å². The first-order valence-corrected chi connectivity index (χ1v) is 7.28. The number of alkyl halides is 6. The summed E-state index contributed by atoms with van der Waals surface area (Å²) in [5.41, 5.74) is -9.02. The Morgan fingerprint density at radius 3 is 2.19 bits per heavy atom. The van der Waals surface area contributed by atoms with Gasteiger partial charge in [0.25, 0.3) is 12.1 Å². The van der Waals surface area contributed by atoms with Crippen LogP contribution in [0, 0.1) is 5.82 Å². The minimum absolute atomic E-state index is 0.00784. The molecule has 0 fully saturated rings. The largest absolute Gasteiger partial charge is 0.478 e. The summed E-state index contributed by atoms with van der Waals surface area (Å²) in [6, 6.07) is 6.38. The Bertz CT molecular complexity index is 1060. The van der Waals surface area contributed by atoms with Gasteiger partial charge >= 0.3 is 12.1 Å². The number of carboxylic acid groups (broad SMARTS) is 1. The number of pyridine rings is 1. The molecule has 0 amide bonds. The number of hydrogen-bond donors (Lipinski definition) is 1. The van der Waals surface area contributed by atoms with Crippen LogP contribution in [0.3, 0.4) is 0 Å². The topological polar surface area (TPSA) is 50.2 Å². The van der Waals surface area contributed by atoms with Gasteiger partial charge in [-0.1, -0.05) is 18.2 Å². The van der Waals surface area contributed by atoms with E-state index in [9.17, 15) is 40.6 Å². The third-order valence-corrected chi connectivity index (χ3v) is 4.09. The molecule has 0 bridgehead atoms. The smallest absolute Gasteiger partial charge is 0.432 e. The molecule has 0 radical (unpaired) electrons. The van der Waals surface area contributed by atoms with Crippen molar-refractivity contribution in [2.24, 2.45) is 0 Å². The highest BCUT2D eigenvalue weighted by Crippen LogP contribution is 2.50. The first-order valence-electron chi connectivity index (χ1n) is 7.28. The number of nitrogens with zero attached hydrogens (tertiary/aromatic N) is 1. The second-order valence-corrected chi connectivity index (χ2v) is 5.64. The van der Waals surface area contributed by atoms with Gasteiger partial charge in [0, 0.05) is 10.8 Å². The summed E-state index contributed by atoms with van der Waals surface area (Å²) in [4.78, 5) is 15.6. The lowest BCUT2D eigenvalue weighted by Crippen LogP contribution is -2.45. The third-order valence-electron chi connectivity index (χ3n) is 4.09. The van der Waals surface area contributed by atoms with Gasteiger partial charge in [0.05, 0.1) is 22.2 Å². The minimum atomic E-state index is -6.21. The molecule has 3 nitrogen and oxygen atoms in total. The second-order valence-electron chi connectivity index (χ2n) is 5.64. The number of fused-ring (bicyclic) bond motifs is 2. The Kier molecular flexibility index (Phi) is 4.24. The van der Waals surface area contributed by atoms with Crippen molar-refractivity contribution in [2.75, 3.05) is 0 Å². The maximum atomic E-state index is 14.7. The number of halogens is 7. The fourth-order valence-electron chi connectivity index (χ4n) is 2.91. The summed E-state index contributed by atoms with van der Waals surface area (Å²) in [5.74, 6) is -3.80. The molecule has 0 saturated heterocycles. The molecule has 142 valence electrons. The average Bonchev–Trinajstić information content (AvgIpc) is 2.57. The number of aromatic nitrogens is 1. The van der Waals surface area contributed by atoms with Crippen molar-refractivity contribution in [1.82, 2.24) is 4.98 Å². The zero-order valence-corrected chi connectivity index (χ0v) is 13.0. The Hall–Kier alpha value is -2.91. The van der Waals surface area contributed by atoms with E-state index in [0.29, 0.717) is 6.07 Å². The predicted octanol–water partition coefficient (Wildman–Crippen LogP) is 5.22. The molecule has 2 aromatic carbocycles. The molecule has 0 aliphatic rings. The van der Waals surface area contributed by atoms with Crippen molar-refractivity contribution in [2.45, 2.75) is 18.3 Å². The van der Waals surface area contributed by atoms with Crippen LogP contribution in [0.1, 0.15) is 15.9 Å². The number of rotatable bonds is 3. The van der Waals surface area contributed by atoms with Crippen LogP contribution in [0.15, 0.2) is 36.4 Å². The Labute approximate surface area is 146 Å². The molecular formula is C17H8F7NO2. The summed E-state index contributed by atoms with van der Waals surface area (Å²) < 4.78 is 94.9. The monoisotopic (exact) mass is 391 g/mol. The van der Waals surface area contributed by atoms with E-state index in [1.807, 2.05) is 0 Å². The van der Waals surface area contributed by atoms with E-state index in [4.69, 9.17) is 0 Å². The molecule has 1 heterocycles. The number of carboxylic acids is 1. The maximum absolute atomic E-state index is 14.7. The lowest BCUT2D eigenvalue weighted by Gasteiger charge is -2.29. The second kappa shape index (κ2) is 6.07. The summed E-state index contributed by atoms with van der Waals surface area (Å²) in [6.07, 6.45) is -10.9. The van der Waals surface area contributed by atoms with E-state index in [1.165, 1.54) is 18.2 Å². The van der Waals surface area contributed by atoms with Crippen LogP contribution < -0.4 is 0 Å². The van der Waals surface area contributed by atoms with E-state index in [2.05, 4.69) is 4.98 Å². The van der Waals surface area contributed by atoms with E-state index in [1.54, 1.807) is 0 Å². The number of aromatic carboxylic acids is 1. The molecule has 0 saturated carbocycles. The van der Waals surface area contributed by atoms with Gasteiger partial charge in [-0.05, 0) is 18.2 Å². The van der Waals surface area contributed by atoms with Crippen LogP contribution in [0.5, 0.6) is 0 Å². The van der Waals surface area contributed by atoms with Gasteiger partial charge in [-0.3, -0.25) is 0 Å². The van der Waals surface area contributed by atoms with E-state index in [0.717, 1.165) is 12.1 Å². The highest BCUT2D eigenvalue weighted by atomic mass is 19.4. The molecule has 1 atom stereocenters. The van der Waals surface area contributed by atoms with Gasteiger partial charge in [0.1, 0.15) is 5.82 Å². The van der Waals surface area contributed by atoms with Crippen LogP contribution in [-0.2, 0) is 5.67 Å². The van der Waals surface area contributed by atoms with Gasteiger partial charge in [-0.15, -0.1) is 0 Å². The number of hydrogen-bond acceptors (Lipinski definition) is 2. The van der Waals surface area contributed by atoms with Gasteiger partial charge in [0.2, 0.25) is 0 Å². The molecule has 0 aliphatic heterocycles. The van der Waals surface area contributed by atoms with Crippen molar-refractivity contribution in [3.63, 3.8) is 0 Å². The standard InChI is InChI=1S/C17H8F7NO2/c18-8-5-6-10-12(13(8)16(21,15(19)20)17(22,23)24)11(14(26)27)7-3-1-2-4-9(7)25-10/h1-6,15H,(H,26,27). The van der Waals surface area contributed by atoms with Crippen molar-refractivity contribution in [3.8, 4) is 0 Å². The average molecular weight is 391 g/mol. The summed E-state index contributed by atoms with van der Waals surface area (Å²) >= 11 is 0. The first-order chi connectivity index (χ1) is 12.5. The molecule has 3 rings (SSSR count). The molecule has 3 aromatic rings.